The average molecular weight is 330 g/mol. The first-order chi connectivity index (χ1) is 11.5. The van der Waals surface area contributed by atoms with Gasteiger partial charge in [-0.05, 0) is 55.4 Å². The second kappa shape index (κ2) is 8.06. The molecule has 1 heterocycles. The molecule has 0 aliphatic carbocycles. The van der Waals surface area contributed by atoms with Crippen LogP contribution in [0.25, 0.3) is 5.69 Å². The number of nitrogens with zero attached hydrogens (tertiary/aromatic N) is 3. The van der Waals surface area contributed by atoms with Crippen molar-refractivity contribution >= 4 is 5.91 Å². The lowest BCUT2D eigenvalue weighted by molar-refractivity contribution is 0.0906. The Labute approximate surface area is 142 Å². The normalized spacial score (nSPS) is 11.5. The Morgan fingerprint density at radius 1 is 1.33 bits per heavy atom. The van der Waals surface area contributed by atoms with Gasteiger partial charge < -0.3 is 10.4 Å². The van der Waals surface area contributed by atoms with E-state index >= 15 is 0 Å². The highest BCUT2D eigenvalue weighted by atomic mass is 16.3. The number of hydrogen-bond acceptors (Lipinski definition) is 4. The molecule has 0 spiro atoms. The monoisotopic (exact) mass is 330 g/mol. The van der Waals surface area contributed by atoms with Crippen molar-refractivity contribution in [3.8, 4) is 5.69 Å². The summed E-state index contributed by atoms with van der Waals surface area (Å²) < 4.78 is 1.66. The zero-order valence-corrected chi connectivity index (χ0v) is 14.6. The van der Waals surface area contributed by atoms with E-state index in [1.165, 1.54) is 6.33 Å². The van der Waals surface area contributed by atoms with Gasteiger partial charge in [0.2, 0.25) is 0 Å². The molecular weight excluding hydrogens is 304 g/mol. The van der Waals surface area contributed by atoms with Gasteiger partial charge in [-0.15, -0.1) is 0 Å². The lowest BCUT2D eigenvalue weighted by Crippen LogP contribution is -2.37. The molecule has 24 heavy (non-hydrogen) atoms. The van der Waals surface area contributed by atoms with Crippen molar-refractivity contribution in [1.29, 1.82) is 0 Å². The van der Waals surface area contributed by atoms with E-state index in [0.29, 0.717) is 18.5 Å². The summed E-state index contributed by atoms with van der Waals surface area (Å²) in [6, 6.07) is 5.59. The molecule has 2 aromatic rings. The lowest BCUT2D eigenvalue weighted by atomic mass is 9.79. The van der Waals surface area contributed by atoms with E-state index in [1.54, 1.807) is 11.0 Å². The first kappa shape index (κ1) is 18.1. The standard InChI is InChI=1S/C18H26N4O2/c1-4-18(5-2,8-9-23)11-20-17(24)16-7-6-15(10-14(16)3)22-13-19-12-21-22/h6-7,10,12-13,23H,4-5,8-9,11H2,1-3H3,(H,20,24). The largest absolute Gasteiger partial charge is 0.396 e. The molecule has 1 aromatic carbocycles. The Balaban J connectivity index is 2.10. The van der Waals surface area contributed by atoms with Gasteiger partial charge in [-0.2, -0.15) is 5.10 Å². The van der Waals surface area contributed by atoms with E-state index in [9.17, 15) is 9.90 Å². The van der Waals surface area contributed by atoms with Crippen molar-refractivity contribution in [3.05, 3.63) is 42.0 Å². The molecule has 0 atom stereocenters. The minimum atomic E-state index is -0.0816. The van der Waals surface area contributed by atoms with Crippen molar-refractivity contribution in [3.63, 3.8) is 0 Å². The summed E-state index contributed by atoms with van der Waals surface area (Å²) in [5, 5.41) is 16.4. The molecule has 0 bridgehead atoms. The SMILES string of the molecule is CCC(CC)(CCO)CNC(=O)c1ccc(-n2cncn2)cc1C. The maximum Gasteiger partial charge on any atom is 0.251 e. The van der Waals surface area contributed by atoms with Crippen LogP contribution in [-0.4, -0.2) is 38.9 Å². The van der Waals surface area contributed by atoms with Gasteiger partial charge >= 0.3 is 0 Å². The van der Waals surface area contributed by atoms with Crippen molar-refractivity contribution in [2.45, 2.75) is 40.0 Å². The van der Waals surface area contributed by atoms with Crippen LogP contribution in [0.1, 0.15) is 49.0 Å². The summed E-state index contributed by atoms with van der Waals surface area (Å²) in [6.45, 7) is 6.83. The van der Waals surface area contributed by atoms with Gasteiger partial charge in [0.1, 0.15) is 12.7 Å². The highest BCUT2D eigenvalue weighted by Crippen LogP contribution is 2.29. The van der Waals surface area contributed by atoms with Crippen LogP contribution in [0.3, 0.4) is 0 Å². The molecule has 0 unspecified atom stereocenters. The second-order valence-corrected chi connectivity index (χ2v) is 6.20. The second-order valence-electron chi connectivity index (χ2n) is 6.20. The van der Waals surface area contributed by atoms with E-state index in [2.05, 4.69) is 29.2 Å². The highest BCUT2D eigenvalue weighted by Gasteiger charge is 2.26. The van der Waals surface area contributed by atoms with Gasteiger partial charge in [-0.25, -0.2) is 9.67 Å². The third kappa shape index (κ3) is 4.00. The maximum atomic E-state index is 12.5. The summed E-state index contributed by atoms with van der Waals surface area (Å²) in [6.07, 6.45) is 5.65. The smallest absolute Gasteiger partial charge is 0.251 e. The molecule has 0 saturated heterocycles. The van der Waals surface area contributed by atoms with Crippen LogP contribution in [-0.2, 0) is 0 Å². The molecule has 1 aromatic heterocycles. The molecule has 0 fully saturated rings. The number of hydrogen-bond donors (Lipinski definition) is 2. The lowest BCUT2D eigenvalue weighted by Gasteiger charge is -2.31. The van der Waals surface area contributed by atoms with E-state index in [-0.39, 0.29) is 17.9 Å². The summed E-state index contributed by atoms with van der Waals surface area (Å²) in [5.74, 6) is -0.0816. The molecule has 2 rings (SSSR count). The molecule has 6 nitrogen and oxygen atoms in total. The first-order valence-corrected chi connectivity index (χ1v) is 8.40. The molecule has 130 valence electrons. The summed E-state index contributed by atoms with van der Waals surface area (Å²) >= 11 is 0. The van der Waals surface area contributed by atoms with Gasteiger partial charge in [-0.3, -0.25) is 4.79 Å². The summed E-state index contributed by atoms with van der Waals surface area (Å²) in [7, 11) is 0. The predicted molar refractivity (Wildman–Crippen MR) is 93.1 cm³/mol. The van der Waals surface area contributed by atoms with Crippen LogP contribution in [0.2, 0.25) is 0 Å². The summed E-state index contributed by atoms with van der Waals surface area (Å²) in [4.78, 5) is 16.5. The average Bonchev–Trinajstić information content (AvgIpc) is 3.13. The highest BCUT2D eigenvalue weighted by molar-refractivity contribution is 5.95. The first-order valence-electron chi connectivity index (χ1n) is 8.40. The fourth-order valence-electron chi connectivity index (χ4n) is 2.93. The Kier molecular flexibility index (Phi) is 6.09. The summed E-state index contributed by atoms with van der Waals surface area (Å²) in [5.41, 5.74) is 2.38. The van der Waals surface area contributed by atoms with Gasteiger partial charge in [-0.1, -0.05) is 13.8 Å². The number of aliphatic hydroxyl groups excluding tert-OH is 1. The Hall–Kier alpha value is -2.21. The number of amides is 1. The van der Waals surface area contributed by atoms with Crippen LogP contribution in [0.4, 0.5) is 0 Å². The Morgan fingerprint density at radius 2 is 2.08 bits per heavy atom. The predicted octanol–water partition coefficient (Wildman–Crippen LogP) is 2.49. The number of benzene rings is 1. The number of rotatable bonds is 8. The quantitative estimate of drug-likeness (QED) is 0.779. The molecule has 0 radical (unpaired) electrons. The molecular formula is C18H26N4O2. The molecule has 2 N–H and O–H groups in total. The zero-order chi connectivity index (χ0) is 17.6. The number of carbonyl (C=O) groups is 1. The van der Waals surface area contributed by atoms with Crippen LogP contribution >= 0.6 is 0 Å². The number of carbonyl (C=O) groups excluding carboxylic acids is 1. The maximum absolute atomic E-state index is 12.5. The van der Waals surface area contributed by atoms with Gasteiger partial charge in [0.15, 0.2) is 0 Å². The van der Waals surface area contributed by atoms with E-state index in [4.69, 9.17) is 0 Å². The van der Waals surface area contributed by atoms with Gasteiger partial charge in [0.25, 0.3) is 5.91 Å². The third-order valence-corrected chi connectivity index (χ3v) is 4.90. The van der Waals surface area contributed by atoms with E-state index < -0.39 is 0 Å². The van der Waals surface area contributed by atoms with E-state index in [1.807, 2.05) is 25.1 Å². The van der Waals surface area contributed by atoms with Crippen LogP contribution in [0, 0.1) is 12.3 Å². The van der Waals surface area contributed by atoms with Crippen LogP contribution in [0.5, 0.6) is 0 Å². The van der Waals surface area contributed by atoms with Gasteiger partial charge in [0, 0.05) is 18.7 Å². The van der Waals surface area contributed by atoms with E-state index in [0.717, 1.165) is 24.1 Å². The zero-order valence-electron chi connectivity index (χ0n) is 14.6. The molecule has 0 saturated carbocycles. The van der Waals surface area contributed by atoms with Crippen LogP contribution in [0.15, 0.2) is 30.9 Å². The third-order valence-electron chi connectivity index (χ3n) is 4.90. The van der Waals surface area contributed by atoms with Crippen LogP contribution < -0.4 is 5.32 Å². The van der Waals surface area contributed by atoms with Crippen molar-refractivity contribution in [1.82, 2.24) is 20.1 Å². The molecule has 0 aliphatic heterocycles. The number of aliphatic hydroxyl groups is 1. The van der Waals surface area contributed by atoms with Gasteiger partial charge in [0.05, 0.1) is 5.69 Å². The molecule has 1 amide bonds. The van der Waals surface area contributed by atoms with Crippen molar-refractivity contribution < 1.29 is 9.90 Å². The van der Waals surface area contributed by atoms with Crippen molar-refractivity contribution in [2.24, 2.45) is 5.41 Å². The minimum absolute atomic E-state index is 0.0427. The molecule has 0 aliphatic rings. The fraction of sp³-hybridized carbons (Fsp3) is 0.500. The van der Waals surface area contributed by atoms with Crippen molar-refractivity contribution in [2.75, 3.05) is 13.2 Å². The number of nitrogens with one attached hydrogen (secondary N) is 1. The number of aromatic nitrogens is 3. The Bertz CT molecular complexity index is 664. The number of aryl methyl sites for hydroxylation is 1. The Morgan fingerprint density at radius 3 is 2.62 bits per heavy atom. The minimum Gasteiger partial charge on any atom is -0.396 e. The topological polar surface area (TPSA) is 80.0 Å². The molecule has 6 heteroatoms. The fourth-order valence-corrected chi connectivity index (χ4v) is 2.93.